The van der Waals surface area contributed by atoms with Crippen LogP contribution >= 0.6 is 0 Å². The number of nitriles is 1. The van der Waals surface area contributed by atoms with E-state index in [1.165, 1.54) is 16.5 Å². The van der Waals surface area contributed by atoms with Crippen LogP contribution in [0.25, 0.3) is 10.9 Å². The average Bonchev–Trinajstić information content (AvgIpc) is 2.65. The molecule has 0 fully saturated rings. The van der Waals surface area contributed by atoms with Gasteiger partial charge in [-0.05, 0) is 37.5 Å². The molecule has 88 valence electrons. The summed E-state index contributed by atoms with van der Waals surface area (Å²) >= 11 is 0. The molecule has 0 aliphatic rings. The zero-order chi connectivity index (χ0) is 12.4. The Kier molecular flexibility index (Phi) is 3.06. The van der Waals surface area contributed by atoms with E-state index in [4.69, 9.17) is 10.00 Å². The number of fused-ring (bicyclic) bond motifs is 1. The summed E-state index contributed by atoms with van der Waals surface area (Å²) in [6.07, 6.45) is 1.33. The number of nitrogens with one attached hydrogen (secondary N) is 1. The van der Waals surface area contributed by atoms with Crippen LogP contribution in [0.2, 0.25) is 0 Å². The van der Waals surface area contributed by atoms with E-state index in [2.05, 4.69) is 24.0 Å². The van der Waals surface area contributed by atoms with Gasteiger partial charge in [-0.1, -0.05) is 6.07 Å². The third-order valence-electron chi connectivity index (χ3n) is 3.15. The van der Waals surface area contributed by atoms with Crippen molar-refractivity contribution in [1.82, 2.24) is 4.98 Å². The molecule has 0 saturated heterocycles. The van der Waals surface area contributed by atoms with Crippen LogP contribution in [-0.2, 0) is 6.42 Å². The van der Waals surface area contributed by atoms with Gasteiger partial charge in [-0.2, -0.15) is 5.26 Å². The van der Waals surface area contributed by atoms with Gasteiger partial charge in [-0.25, -0.2) is 0 Å². The number of hydrogen-bond acceptors (Lipinski definition) is 2. The van der Waals surface area contributed by atoms with E-state index in [-0.39, 0.29) is 0 Å². The van der Waals surface area contributed by atoms with Crippen molar-refractivity contribution < 1.29 is 4.74 Å². The molecule has 0 unspecified atom stereocenters. The Labute approximate surface area is 101 Å². The normalized spacial score (nSPS) is 10.5. The van der Waals surface area contributed by atoms with Crippen LogP contribution in [0.5, 0.6) is 5.75 Å². The number of aromatic amines is 1. The molecule has 1 aromatic carbocycles. The number of H-pyrrole nitrogens is 1. The first-order valence-electron chi connectivity index (χ1n) is 5.70. The molecule has 0 radical (unpaired) electrons. The molecule has 1 heterocycles. The molecule has 0 saturated carbocycles. The summed E-state index contributed by atoms with van der Waals surface area (Å²) in [7, 11) is 1.68. The van der Waals surface area contributed by atoms with Crippen LogP contribution in [0.4, 0.5) is 0 Å². The molecule has 0 spiro atoms. The third-order valence-corrected chi connectivity index (χ3v) is 3.15. The first-order chi connectivity index (χ1) is 8.19. The van der Waals surface area contributed by atoms with Gasteiger partial charge in [0.2, 0.25) is 0 Å². The summed E-state index contributed by atoms with van der Waals surface area (Å²) in [5.74, 6) is 0.858. The zero-order valence-corrected chi connectivity index (χ0v) is 10.4. The fourth-order valence-corrected chi connectivity index (χ4v) is 2.31. The minimum atomic E-state index is 0.546. The second kappa shape index (κ2) is 4.50. The predicted molar refractivity (Wildman–Crippen MR) is 68.3 cm³/mol. The van der Waals surface area contributed by atoms with Crippen molar-refractivity contribution >= 4 is 10.9 Å². The van der Waals surface area contributed by atoms with Gasteiger partial charge < -0.3 is 9.72 Å². The van der Waals surface area contributed by atoms with E-state index in [0.29, 0.717) is 6.42 Å². The molecule has 0 aliphatic heterocycles. The lowest BCUT2D eigenvalue weighted by Gasteiger charge is -2.05. The quantitative estimate of drug-likeness (QED) is 0.876. The number of nitrogens with zero attached hydrogens (tertiary/aromatic N) is 1. The van der Waals surface area contributed by atoms with Gasteiger partial charge in [-0.15, -0.1) is 0 Å². The van der Waals surface area contributed by atoms with Crippen molar-refractivity contribution in [1.29, 1.82) is 5.26 Å². The van der Waals surface area contributed by atoms with E-state index in [9.17, 15) is 0 Å². The maximum absolute atomic E-state index is 8.71. The van der Waals surface area contributed by atoms with Crippen LogP contribution in [0, 0.1) is 25.2 Å². The Morgan fingerprint density at radius 1 is 1.35 bits per heavy atom. The molecular weight excluding hydrogens is 212 g/mol. The average molecular weight is 228 g/mol. The van der Waals surface area contributed by atoms with Crippen molar-refractivity contribution in [2.24, 2.45) is 0 Å². The molecule has 0 aliphatic carbocycles. The maximum atomic E-state index is 8.71. The van der Waals surface area contributed by atoms with Gasteiger partial charge in [-0.3, -0.25) is 0 Å². The van der Waals surface area contributed by atoms with E-state index in [0.717, 1.165) is 23.4 Å². The molecule has 1 aromatic heterocycles. The summed E-state index contributed by atoms with van der Waals surface area (Å²) in [4.78, 5) is 3.36. The number of methoxy groups -OCH3 is 1. The molecule has 0 bridgehead atoms. The van der Waals surface area contributed by atoms with Crippen molar-refractivity contribution in [3.63, 3.8) is 0 Å². The van der Waals surface area contributed by atoms with Crippen LogP contribution in [0.15, 0.2) is 12.1 Å². The van der Waals surface area contributed by atoms with Crippen LogP contribution in [-0.4, -0.2) is 12.1 Å². The molecule has 2 aromatic rings. The smallest absolute Gasteiger partial charge is 0.142 e. The highest BCUT2D eigenvalue weighted by Crippen LogP contribution is 2.32. The molecule has 0 amide bonds. The Morgan fingerprint density at radius 3 is 2.76 bits per heavy atom. The minimum Gasteiger partial charge on any atom is -0.495 e. The number of ether oxygens (including phenoxy) is 1. The van der Waals surface area contributed by atoms with Gasteiger partial charge in [0, 0.05) is 17.5 Å². The van der Waals surface area contributed by atoms with Crippen molar-refractivity contribution in [2.45, 2.75) is 26.7 Å². The minimum absolute atomic E-state index is 0.546. The summed E-state index contributed by atoms with van der Waals surface area (Å²) in [5.41, 5.74) is 4.62. The lowest BCUT2D eigenvalue weighted by atomic mass is 10.0. The van der Waals surface area contributed by atoms with Gasteiger partial charge in [0.25, 0.3) is 0 Å². The van der Waals surface area contributed by atoms with Gasteiger partial charge in [0.05, 0.1) is 18.7 Å². The lowest BCUT2D eigenvalue weighted by Crippen LogP contribution is -1.88. The summed E-state index contributed by atoms with van der Waals surface area (Å²) < 4.78 is 5.36. The van der Waals surface area contributed by atoms with Crippen molar-refractivity contribution in [2.75, 3.05) is 7.11 Å². The maximum Gasteiger partial charge on any atom is 0.142 e. The highest BCUT2D eigenvalue weighted by atomic mass is 16.5. The van der Waals surface area contributed by atoms with Crippen molar-refractivity contribution in [3.05, 3.63) is 29.0 Å². The summed E-state index contributed by atoms with van der Waals surface area (Å²) in [6, 6.07) is 6.23. The summed E-state index contributed by atoms with van der Waals surface area (Å²) in [6.45, 7) is 4.14. The molecule has 2 rings (SSSR count). The predicted octanol–water partition coefficient (Wildman–Crippen LogP) is 3.25. The highest BCUT2D eigenvalue weighted by Gasteiger charge is 2.13. The van der Waals surface area contributed by atoms with Crippen molar-refractivity contribution in [3.8, 4) is 11.8 Å². The van der Waals surface area contributed by atoms with Crippen LogP contribution in [0.3, 0.4) is 0 Å². The standard InChI is InChI=1S/C14H16N2O/c1-9-6-7-12(17-3)14-13(9)11(5-4-8-15)10(2)16-14/h6-7,16H,4-5H2,1-3H3. The molecule has 3 nitrogen and oxygen atoms in total. The second-order valence-electron chi connectivity index (χ2n) is 4.22. The number of aryl methyl sites for hydroxylation is 3. The van der Waals surface area contributed by atoms with Gasteiger partial charge >= 0.3 is 0 Å². The molecule has 0 atom stereocenters. The second-order valence-corrected chi connectivity index (χ2v) is 4.22. The molecule has 3 heteroatoms. The zero-order valence-electron chi connectivity index (χ0n) is 10.4. The van der Waals surface area contributed by atoms with Crippen LogP contribution in [0.1, 0.15) is 23.2 Å². The topological polar surface area (TPSA) is 48.8 Å². The highest BCUT2D eigenvalue weighted by molar-refractivity contribution is 5.92. The fraction of sp³-hybridized carbons (Fsp3) is 0.357. The first-order valence-corrected chi connectivity index (χ1v) is 5.70. The molecule has 1 N–H and O–H groups in total. The first kappa shape index (κ1) is 11.5. The fourth-order valence-electron chi connectivity index (χ4n) is 2.31. The number of rotatable bonds is 3. The Balaban J connectivity index is 2.68. The van der Waals surface area contributed by atoms with E-state index < -0.39 is 0 Å². The Morgan fingerprint density at radius 2 is 2.12 bits per heavy atom. The molecular formula is C14H16N2O. The monoisotopic (exact) mass is 228 g/mol. The lowest BCUT2D eigenvalue weighted by molar-refractivity contribution is 0.419. The van der Waals surface area contributed by atoms with E-state index in [1.54, 1.807) is 7.11 Å². The number of benzene rings is 1. The largest absolute Gasteiger partial charge is 0.495 e. The summed E-state index contributed by atoms with van der Waals surface area (Å²) in [5, 5.41) is 9.92. The van der Waals surface area contributed by atoms with Gasteiger partial charge in [0.15, 0.2) is 0 Å². The number of aromatic nitrogens is 1. The SMILES string of the molecule is COc1ccc(C)c2c(CCC#N)c(C)[nH]c12. The van der Waals surface area contributed by atoms with Crippen LogP contribution < -0.4 is 4.74 Å². The van der Waals surface area contributed by atoms with E-state index >= 15 is 0 Å². The third kappa shape index (κ3) is 1.87. The number of hydrogen-bond donors (Lipinski definition) is 1. The van der Waals surface area contributed by atoms with Gasteiger partial charge in [0.1, 0.15) is 5.75 Å². The Hall–Kier alpha value is -1.95. The molecule has 17 heavy (non-hydrogen) atoms. The van der Waals surface area contributed by atoms with E-state index in [1.807, 2.05) is 13.0 Å². The Bertz CT molecular complexity index is 590.